The quantitative estimate of drug-likeness (QED) is 0.655. The molecule has 0 heterocycles. The zero-order valence-corrected chi connectivity index (χ0v) is 12.0. The van der Waals surface area contributed by atoms with E-state index >= 15 is 0 Å². The molecule has 2 aliphatic carbocycles. The first-order valence-corrected chi connectivity index (χ1v) is 7.48. The molecule has 0 bridgehead atoms. The molecule has 2 aliphatic rings. The lowest BCUT2D eigenvalue weighted by Gasteiger charge is -2.12. The summed E-state index contributed by atoms with van der Waals surface area (Å²) in [4.78, 5) is 0.402. The molecule has 0 aromatic heterocycles. The number of benzene rings is 1. The smallest absolute Gasteiger partial charge is 0.137 e. The molecular formula is C13H13Br2F. The van der Waals surface area contributed by atoms with E-state index in [1.807, 2.05) is 12.1 Å². The third-order valence-electron chi connectivity index (χ3n) is 4.07. The highest BCUT2D eigenvalue weighted by atomic mass is 79.9. The molecule has 0 nitrogen and oxygen atoms in total. The number of alkyl halides is 1. The molecule has 3 atom stereocenters. The van der Waals surface area contributed by atoms with Crippen molar-refractivity contribution in [2.75, 3.05) is 0 Å². The minimum atomic E-state index is -0.181. The monoisotopic (exact) mass is 346 g/mol. The van der Waals surface area contributed by atoms with E-state index in [0.717, 1.165) is 17.8 Å². The number of hydrogen-bond donors (Lipinski definition) is 0. The van der Waals surface area contributed by atoms with Crippen LogP contribution in [0, 0.1) is 23.6 Å². The summed E-state index contributed by atoms with van der Waals surface area (Å²) in [6, 6.07) is 5.35. The molecule has 1 aromatic carbocycles. The maximum atomic E-state index is 13.1. The number of rotatable bonds is 2. The van der Waals surface area contributed by atoms with Gasteiger partial charge in [0.1, 0.15) is 5.82 Å². The van der Waals surface area contributed by atoms with E-state index < -0.39 is 0 Å². The van der Waals surface area contributed by atoms with Crippen molar-refractivity contribution in [2.45, 2.75) is 24.1 Å². The fourth-order valence-corrected chi connectivity index (χ4v) is 4.68. The zero-order valence-electron chi connectivity index (χ0n) is 8.80. The molecule has 0 spiro atoms. The van der Waals surface area contributed by atoms with Gasteiger partial charge in [-0.05, 0) is 64.2 Å². The van der Waals surface area contributed by atoms with Crippen LogP contribution in [-0.2, 0) is 0 Å². The summed E-state index contributed by atoms with van der Waals surface area (Å²) in [5.74, 6) is 2.45. The van der Waals surface area contributed by atoms with Crippen LogP contribution < -0.4 is 0 Å². The SMILES string of the molecule is Fc1ccc(C(Br)C2C3CCCC32)cc1Br. The van der Waals surface area contributed by atoms with Gasteiger partial charge >= 0.3 is 0 Å². The molecule has 16 heavy (non-hydrogen) atoms. The molecular weight excluding hydrogens is 335 g/mol. The lowest BCUT2D eigenvalue weighted by Crippen LogP contribution is -1.98. The van der Waals surface area contributed by atoms with Gasteiger partial charge in [-0.3, -0.25) is 0 Å². The van der Waals surface area contributed by atoms with Gasteiger partial charge in [0.25, 0.3) is 0 Å². The molecule has 0 radical (unpaired) electrons. The van der Waals surface area contributed by atoms with Crippen molar-refractivity contribution in [3.05, 3.63) is 34.1 Å². The molecule has 3 heteroatoms. The Morgan fingerprint density at radius 1 is 1.25 bits per heavy atom. The van der Waals surface area contributed by atoms with Crippen molar-refractivity contribution in [1.29, 1.82) is 0 Å². The van der Waals surface area contributed by atoms with Gasteiger partial charge in [-0.15, -0.1) is 0 Å². The van der Waals surface area contributed by atoms with Crippen LogP contribution in [0.5, 0.6) is 0 Å². The van der Waals surface area contributed by atoms with Gasteiger partial charge in [-0.25, -0.2) is 4.39 Å². The second-order valence-corrected chi connectivity index (χ2v) is 6.75. The van der Waals surface area contributed by atoms with Crippen LogP contribution in [0.25, 0.3) is 0 Å². The van der Waals surface area contributed by atoms with E-state index in [1.54, 1.807) is 6.07 Å². The fourth-order valence-electron chi connectivity index (χ4n) is 3.22. The predicted octanol–water partition coefficient (Wildman–Crippen LogP) is 5.07. The topological polar surface area (TPSA) is 0 Å². The van der Waals surface area contributed by atoms with Crippen molar-refractivity contribution in [2.24, 2.45) is 17.8 Å². The maximum Gasteiger partial charge on any atom is 0.137 e. The second kappa shape index (κ2) is 4.09. The molecule has 86 valence electrons. The highest BCUT2D eigenvalue weighted by molar-refractivity contribution is 9.10. The summed E-state index contributed by atoms with van der Waals surface area (Å²) in [6.07, 6.45) is 4.18. The second-order valence-electron chi connectivity index (χ2n) is 4.91. The van der Waals surface area contributed by atoms with Gasteiger partial charge in [0.05, 0.1) is 4.47 Å². The van der Waals surface area contributed by atoms with Crippen molar-refractivity contribution in [3.63, 3.8) is 0 Å². The molecule has 2 fully saturated rings. The molecule has 0 aliphatic heterocycles. The Labute approximate surface area is 112 Å². The Bertz CT molecular complexity index is 408. The zero-order chi connectivity index (χ0) is 11.3. The Morgan fingerprint density at radius 3 is 2.56 bits per heavy atom. The van der Waals surface area contributed by atoms with Crippen LogP contribution in [0.3, 0.4) is 0 Å². The summed E-state index contributed by atoms with van der Waals surface area (Å²) in [6.45, 7) is 0. The molecule has 0 N–H and O–H groups in total. The first-order chi connectivity index (χ1) is 7.68. The summed E-state index contributed by atoms with van der Waals surface area (Å²) < 4.78 is 13.7. The number of halogens is 3. The first-order valence-electron chi connectivity index (χ1n) is 5.77. The standard InChI is InChI=1S/C13H13Br2F/c14-10-6-7(4-5-11(10)16)13(15)12-8-2-1-3-9(8)12/h4-6,8-9,12-13H,1-3H2. The highest BCUT2D eigenvalue weighted by Gasteiger charge is 2.55. The van der Waals surface area contributed by atoms with Crippen molar-refractivity contribution in [3.8, 4) is 0 Å². The Kier molecular flexibility index (Phi) is 2.87. The van der Waals surface area contributed by atoms with Gasteiger partial charge in [-0.2, -0.15) is 0 Å². The number of fused-ring (bicyclic) bond motifs is 1. The minimum absolute atomic E-state index is 0.181. The van der Waals surface area contributed by atoms with Crippen LogP contribution in [0.15, 0.2) is 22.7 Å². The van der Waals surface area contributed by atoms with Crippen LogP contribution in [0.4, 0.5) is 4.39 Å². The molecule has 3 rings (SSSR count). The van der Waals surface area contributed by atoms with E-state index in [2.05, 4.69) is 31.9 Å². The van der Waals surface area contributed by atoms with E-state index in [9.17, 15) is 4.39 Å². The lowest BCUT2D eigenvalue weighted by molar-refractivity contribution is 0.580. The highest BCUT2D eigenvalue weighted by Crippen LogP contribution is 2.64. The van der Waals surface area contributed by atoms with E-state index in [4.69, 9.17) is 0 Å². The Balaban J connectivity index is 1.79. The summed E-state index contributed by atoms with van der Waals surface area (Å²) in [5.41, 5.74) is 1.20. The average molecular weight is 348 g/mol. The molecule has 2 saturated carbocycles. The Hall–Kier alpha value is 0.110. The van der Waals surface area contributed by atoms with Gasteiger partial charge in [0, 0.05) is 4.83 Å². The van der Waals surface area contributed by atoms with Crippen LogP contribution in [-0.4, -0.2) is 0 Å². The van der Waals surface area contributed by atoms with Crippen LogP contribution in [0.2, 0.25) is 0 Å². The predicted molar refractivity (Wildman–Crippen MR) is 70.1 cm³/mol. The molecule has 0 saturated heterocycles. The molecule has 1 aromatic rings. The summed E-state index contributed by atoms with van der Waals surface area (Å²) in [7, 11) is 0. The third-order valence-corrected chi connectivity index (χ3v) is 5.82. The van der Waals surface area contributed by atoms with E-state index in [-0.39, 0.29) is 5.82 Å². The van der Waals surface area contributed by atoms with Gasteiger partial charge in [0.15, 0.2) is 0 Å². The fraction of sp³-hybridized carbons (Fsp3) is 0.538. The summed E-state index contributed by atoms with van der Waals surface area (Å²) in [5, 5.41) is 0. The van der Waals surface area contributed by atoms with Crippen LogP contribution in [0.1, 0.15) is 29.7 Å². The van der Waals surface area contributed by atoms with Gasteiger partial charge in [-0.1, -0.05) is 28.4 Å². The first kappa shape index (κ1) is 11.2. The molecule has 0 amide bonds. The molecule has 3 unspecified atom stereocenters. The van der Waals surface area contributed by atoms with Gasteiger partial charge in [0.2, 0.25) is 0 Å². The normalized spacial score (nSPS) is 33.6. The van der Waals surface area contributed by atoms with Crippen LogP contribution >= 0.6 is 31.9 Å². The van der Waals surface area contributed by atoms with E-state index in [1.165, 1.54) is 24.8 Å². The number of hydrogen-bond acceptors (Lipinski definition) is 0. The lowest BCUT2D eigenvalue weighted by atomic mass is 10.0. The maximum absolute atomic E-state index is 13.1. The average Bonchev–Trinajstić information content (AvgIpc) is 2.74. The van der Waals surface area contributed by atoms with Crippen molar-refractivity contribution >= 4 is 31.9 Å². The third kappa shape index (κ3) is 1.76. The van der Waals surface area contributed by atoms with E-state index in [0.29, 0.717) is 9.30 Å². The largest absolute Gasteiger partial charge is 0.206 e. The summed E-state index contributed by atoms with van der Waals surface area (Å²) >= 11 is 7.03. The van der Waals surface area contributed by atoms with Crippen molar-refractivity contribution < 1.29 is 4.39 Å². The minimum Gasteiger partial charge on any atom is -0.206 e. The van der Waals surface area contributed by atoms with Crippen molar-refractivity contribution in [1.82, 2.24) is 0 Å². The Morgan fingerprint density at radius 2 is 1.94 bits per heavy atom. The van der Waals surface area contributed by atoms with Gasteiger partial charge < -0.3 is 0 Å².